The number of likely N-dealkylation sites (N-methyl/N-ethyl adjacent to an activating group) is 1. The molecule has 1 aromatic rings. The van der Waals surface area contributed by atoms with Gasteiger partial charge in [0, 0.05) is 58.3 Å². The summed E-state index contributed by atoms with van der Waals surface area (Å²) in [4.78, 5) is 20.3. The summed E-state index contributed by atoms with van der Waals surface area (Å²) in [5, 5.41) is 13.9. The minimum Gasteiger partial charge on any atom is -0.396 e. The minimum atomic E-state index is 0.0260. The zero-order valence-electron chi connectivity index (χ0n) is 15.4. The Labute approximate surface area is 153 Å². The van der Waals surface area contributed by atoms with Crippen LogP contribution >= 0.6 is 11.5 Å². The summed E-state index contributed by atoms with van der Waals surface area (Å²) in [5.74, 6) is 0.709. The molecule has 3 heterocycles. The highest BCUT2D eigenvalue weighted by molar-refractivity contribution is 7.08. The van der Waals surface area contributed by atoms with Gasteiger partial charge in [0.15, 0.2) is 0 Å². The van der Waals surface area contributed by atoms with Crippen molar-refractivity contribution in [1.82, 2.24) is 24.3 Å². The molecule has 2 atom stereocenters. The van der Waals surface area contributed by atoms with Gasteiger partial charge >= 0.3 is 0 Å². The van der Waals surface area contributed by atoms with E-state index in [2.05, 4.69) is 26.4 Å². The molecule has 3 rings (SSSR count). The summed E-state index contributed by atoms with van der Waals surface area (Å²) >= 11 is 1.19. The molecule has 1 aromatic heterocycles. The number of amides is 1. The maximum Gasteiger partial charge on any atom is 0.267 e. The van der Waals surface area contributed by atoms with Gasteiger partial charge in [0.1, 0.15) is 4.88 Å². The van der Waals surface area contributed by atoms with Crippen molar-refractivity contribution in [3.05, 3.63) is 10.6 Å². The Morgan fingerprint density at radius 1 is 1.24 bits per heavy atom. The van der Waals surface area contributed by atoms with Gasteiger partial charge in [-0.2, -0.15) is 0 Å². The van der Waals surface area contributed by atoms with Crippen LogP contribution in [0.3, 0.4) is 0 Å². The molecule has 0 aliphatic carbocycles. The van der Waals surface area contributed by atoms with Crippen molar-refractivity contribution in [2.24, 2.45) is 11.8 Å². The normalized spacial score (nSPS) is 25.9. The Kier molecular flexibility index (Phi) is 6.04. The van der Waals surface area contributed by atoms with Crippen molar-refractivity contribution in [3.8, 4) is 0 Å². The molecular formula is C17H29N5O2S. The van der Waals surface area contributed by atoms with Crippen LogP contribution in [-0.2, 0) is 0 Å². The Hall–Kier alpha value is -1.09. The van der Waals surface area contributed by atoms with E-state index in [9.17, 15) is 9.90 Å². The molecule has 0 bridgehead atoms. The average Bonchev–Trinajstić information content (AvgIpc) is 3.23. The quantitative estimate of drug-likeness (QED) is 0.821. The topological polar surface area (TPSA) is 72.8 Å². The van der Waals surface area contributed by atoms with Gasteiger partial charge in [0.2, 0.25) is 0 Å². The minimum absolute atomic E-state index is 0.0260. The number of carbonyl (C=O) groups excluding carboxylic acids is 1. The van der Waals surface area contributed by atoms with Crippen LogP contribution in [0, 0.1) is 11.8 Å². The first-order valence-electron chi connectivity index (χ1n) is 9.12. The number of aromatic nitrogens is 2. The molecule has 2 fully saturated rings. The molecule has 0 aromatic carbocycles. The van der Waals surface area contributed by atoms with Gasteiger partial charge in [-0.05, 0) is 30.4 Å². The van der Waals surface area contributed by atoms with Gasteiger partial charge in [-0.25, -0.2) is 0 Å². The first-order valence-corrected chi connectivity index (χ1v) is 9.90. The number of hydrogen-bond donors (Lipinski definition) is 1. The Balaban J connectivity index is 1.64. The molecule has 8 heteroatoms. The fourth-order valence-electron chi connectivity index (χ4n) is 3.75. The first-order chi connectivity index (χ1) is 12.0. The zero-order chi connectivity index (χ0) is 18.0. The first kappa shape index (κ1) is 18.7. The van der Waals surface area contributed by atoms with Crippen molar-refractivity contribution < 1.29 is 9.90 Å². The molecule has 1 amide bonds. The second kappa shape index (κ2) is 8.07. The van der Waals surface area contributed by atoms with E-state index < -0.39 is 0 Å². The number of hydrogen-bond acceptors (Lipinski definition) is 7. The number of rotatable bonds is 5. The van der Waals surface area contributed by atoms with E-state index in [1.807, 2.05) is 18.7 Å². The van der Waals surface area contributed by atoms with E-state index in [0.29, 0.717) is 23.9 Å². The number of carbonyl (C=O) groups is 1. The van der Waals surface area contributed by atoms with E-state index in [4.69, 9.17) is 0 Å². The molecule has 0 saturated carbocycles. The molecule has 2 aliphatic heterocycles. The summed E-state index contributed by atoms with van der Waals surface area (Å²) in [6.45, 7) is 10.8. The molecular weight excluding hydrogens is 338 g/mol. The number of aliphatic hydroxyl groups excluding tert-OH is 1. The highest BCUT2D eigenvalue weighted by Crippen LogP contribution is 2.28. The maximum absolute atomic E-state index is 12.9. The summed E-state index contributed by atoms with van der Waals surface area (Å²) in [5.41, 5.74) is 0.790. The Bertz CT molecular complexity index is 585. The number of piperazine rings is 1. The highest BCUT2D eigenvalue weighted by Gasteiger charge is 2.37. The van der Waals surface area contributed by atoms with Gasteiger partial charge in [0.05, 0.1) is 5.69 Å². The zero-order valence-corrected chi connectivity index (χ0v) is 16.2. The van der Waals surface area contributed by atoms with Crippen LogP contribution in [0.15, 0.2) is 0 Å². The summed E-state index contributed by atoms with van der Waals surface area (Å²) < 4.78 is 3.98. The summed E-state index contributed by atoms with van der Waals surface area (Å²) in [6, 6.07) is 0. The molecule has 2 saturated heterocycles. The van der Waals surface area contributed by atoms with Gasteiger partial charge in [-0.3, -0.25) is 4.79 Å². The van der Waals surface area contributed by atoms with Crippen LogP contribution in [0.1, 0.15) is 35.1 Å². The second-order valence-corrected chi connectivity index (χ2v) is 8.41. The predicted molar refractivity (Wildman–Crippen MR) is 97.9 cm³/mol. The highest BCUT2D eigenvalue weighted by atomic mass is 32.1. The SMILES string of the molecule is CC(C)c1nnsc1C(=O)N1C[C@@H](CN2CCN(C)CC2)[C@@H](CO)C1. The molecule has 0 radical (unpaired) electrons. The van der Waals surface area contributed by atoms with E-state index in [0.717, 1.165) is 38.4 Å². The van der Waals surface area contributed by atoms with Gasteiger partial charge in [-0.15, -0.1) is 5.10 Å². The standard InChI is InChI=1S/C17H29N5O2S/c1-12(2)15-16(25-19-18-15)17(24)22-9-13(14(10-22)11-23)8-21-6-4-20(3)5-7-21/h12-14,23H,4-11H2,1-3H3/t13-,14-/m1/s1. The van der Waals surface area contributed by atoms with Crippen LogP contribution in [0.2, 0.25) is 0 Å². The Morgan fingerprint density at radius 2 is 1.92 bits per heavy atom. The molecule has 0 spiro atoms. The maximum atomic E-state index is 12.9. The molecule has 2 aliphatic rings. The second-order valence-electron chi connectivity index (χ2n) is 7.66. The van der Waals surface area contributed by atoms with Crippen molar-refractivity contribution in [2.75, 3.05) is 59.5 Å². The molecule has 1 N–H and O–H groups in total. The fraction of sp³-hybridized carbons (Fsp3) is 0.824. The number of nitrogens with zero attached hydrogens (tertiary/aromatic N) is 5. The van der Waals surface area contributed by atoms with Crippen LogP contribution in [0.25, 0.3) is 0 Å². The van der Waals surface area contributed by atoms with Gasteiger partial charge in [0.25, 0.3) is 5.91 Å². The molecule has 7 nitrogen and oxygen atoms in total. The predicted octanol–water partition coefficient (Wildman–Crippen LogP) is 0.589. The molecule has 140 valence electrons. The van der Waals surface area contributed by atoms with E-state index in [1.165, 1.54) is 11.5 Å². The lowest BCUT2D eigenvalue weighted by atomic mass is 9.96. The van der Waals surface area contributed by atoms with Crippen molar-refractivity contribution in [1.29, 1.82) is 0 Å². The van der Waals surface area contributed by atoms with Gasteiger partial charge < -0.3 is 19.8 Å². The largest absolute Gasteiger partial charge is 0.396 e. The Morgan fingerprint density at radius 3 is 2.56 bits per heavy atom. The third-order valence-electron chi connectivity index (χ3n) is 5.44. The van der Waals surface area contributed by atoms with Crippen LogP contribution in [-0.4, -0.2) is 94.8 Å². The van der Waals surface area contributed by atoms with Gasteiger partial charge in [-0.1, -0.05) is 18.3 Å². The lowest BCUT2D eigenvalue weighted by molar-refractivity contribution is 0.0780. The van der Waals surface area contributed by atoms with Crippen molar-refractivity contribution in [2.45, 2.75) is 19.8 Å². The lowest BCUT2D eigenvalue weighted by Gasteiger charge is -2.34. The van der Waals surface area contributed by atoms with Crippen LogP contribution in [0.4, 0.5) is 0 Å². The number of likely N-dealkylation sites (tertiary alicyclic amines) is 1. The van der Waals surface area contributed by atoms with Crippen LogP contribution < -0.4 is 0 Å². The molecule has 0 unspecified atom stereocenters. The van der Waals surface area contributed by atoms with E-state index in [1.54, 1.807) is 0 Å². The van der Waals surface area contributed by atoms with Crippen molar-refractivity contribution >= 4 is 17.4 Å². The van der Waals surface area contributed by atoms with Crippen LogP contribution in [0.5, 0.6) is 0 Å². The average molecular weight is 368 g/mol. The molecule has 25 heavy (non-hydrogen) atoms. The van der Waals surface area contributed by atoms with E-state index >= 15 is 0 Å². The smallest absolute Gasteiger partial charge is 0.267 e. The monoisotopic (exact) mass is 367 g/mol. The third-order valence-corrected chi connectivity index (χ3v) is 6.17. The lowest BCUT2D eigenvalue weighted by Crippen LogP contribution is -2.47. The summed E-state index contributed by atoms with van der Waals surface area (Å²) in [7, 11) is 2.15. The summed E-state index contributed by atoms with van der Waals surface area (Å²) in [6.07, 6.45) is 0. The van der Waals surface area contributed by atoms with Crippen molar-refractivity contribution in [3.63, 3.8) is 0 Å². The fourth-order valence-corrected chi connectivity index (χ4v) is 4.54. The van der Waals surface area contributed by atoms with E-state index in [-0.39, 0.29) is 24.3 Å². The third kappa shape index (κ3) is 4.19. The number of aliphatic hydroxyl groups is 1.